The average molecular weight is 251 g/mol. The molecule has 1 unspecified atom stereocenters. The molecule has 100 valence electrons. The average Bonchev–Trinajstić information content (AvgIpc) is 2.28. The van der Waals surface area contributed by atoms with Gasteiger partial charge in [0.1, 0.15) is 5.82 Å². The van der Waals surface area contributed by atoms with E-state index in [-0.39, 0.29) is 11.9 Å². The summed E-state index contributed by atoms with van der Waals surface area (Å²) in [5, 5.41) is 5.98. The Morgan fingerprint density at radius 2 is 2.22 bits per heavy atom. The van der Waals surface area contributed by atoms with Crippen molar-refractivity contribution in [2.75, 3.05) is 25.6 Å². The first-order chi connectivity index (χ1) is 8.56. The van der Waals surface area contributed by atoms with Crippen LogP contribution in [0.1, 0.15) is 29.9 Å². The second kappa shape index (κ2) is 6.96. The van der Waals surface area contributed by atoms with E-state index in [1.54, 1.807) is 19.2 Å². The molecular formula is C13H21N3O2. The third kappa shape index (κ3) is 4.33. The fourth-order valence-electron chi connectivity index (χ4n) is 1.67. The number of nitrogens with zero attached hydrogens (tertiary/aromatic N) is 1. The number of ether oxygens (including phenoxy) is 1. The maximum Gasteiger partial charge on any atom is 0.251 e. The number of pyridine rings is 1. The minimum Gasteiger partial charge on any atom is -0.383 e. The molecule has 1 amide bonds. The molecule has 1 aromatic rings. The molecule has 0 saturated carbocycles. The van der Waals surface area contributed by atoms with Crippen LogP contribution in [0.4, 0.5) is 5.82 Å². The van der Waals surface area contributed by atoms with Gasteiger partial charge in [0.15, 0.2) is 0 Å². The summed E-state index contributed by atoms with van der Waals surface area (Å²) in [6.45, 7) is 7.04. The smallest absolute Gasteiger partial charge is 0.251 e. The Morgan fingerprint density at radius 3 is 2.83 bits per heavy atom. The lowest BCUT2D eigenvalue weighted by Crippen LogP contribution is -2.35. The fourth-order valence-corrected chi connectivity index (χ4v) is 1.67. The molecule has 0 aliphatic rings. The number of aromatic nitrogens is 1. The molecule has 0 aliphatic heterocycles. The molecule has 0 fully saturated rings. The molecule has 0 aliphatic carbocycles. The summed E-state index contributed by atoms with van der Waals surface area (Å²) >= 11 is 0. The quantitative estimate of drug-likeness (QED) is 0.806. The summed E-state index contributed by atoms with van der Waals surface area (Å²) in [6, 6.07) is 3.51. The highest BCUT2D eigenvalue weighted by atomic mass is 16.5. The monoisotopic (exact) mass is 251 g/mol. The summed E-state index contributed by atoms with van der Waals surface area (Å²) < 4.78 is 4.99. The second-order valence-electron chi connectivity index (χ2n) is 4.24. The van der Waals surface area contributed by atoms with E-state index in [2.05, 4.69) is 15.6 Å². The van der Waals surface area contributed by atoms with E-state index in [9.17, 15) is 4.79 Å². The highest BCUT2D eigenvalue weighted by Crippen LogP contribution is 2.10. The van der Waals surface area contributed by atoms with Crippen molar-refractivity contribution in [1.29, 1.82) is 0 Å². The van der Waals surface area contributed by atoms with Crippen molar-refractivity contribution >= 4 is 11.7 Å². The van der Waals surface area contributed by atoms with Gasteiger partial charge < -0.3 is 15.4 Å². The van der Waals surface area contributed by atoms with Crippen LogP contribution in [0.25, 0.3) is 0 Å². The third-order valence-corrected chi connectivity index (χ3v) is 2.37. The SMILES string of the molecule is CCNc1cc(C(=O)NC(C)COC)cc(C)n1. The predicted molar refractivity (Wildman–Crippen MR) is 71.9 cm³/mol. The van der Waals surface area contributed by atoms with Gasteiger partial charge in [-0.3, -0.25) is 4.79 Å². The van der Waals surface area contributed by atoms with Gasteiger partial charge in [-0.05, 0) is 32.9 Å². The number of rotatable bonds is 6. The summed E-state index contributed by atoms with van der Waals surface area (Å²) in [6.07, 6.45) is 0. The van der Waals surface area contributed by atoms with Crippen LogP contribution in [-0.4, -0.2) is 37.2 Å². The molecule has 18 heavy (non-hydrogen) atoms. The van der Waals surface area contributed by atoms with E-state index in [4.69, 9.17) is 4.74 Å². The molecule has 2 N–H and O–H groups in total. The van der Waals surface area contributed by atoms with Gasteiger partial charge in [0.2, 0.25) is 0 Å². The number of carbonyl (C=O) groups is 1. The number of carbonyl (C=O) groups excluding carboxylic acids is 1. The topological polar surface area (TPSA) is 63.2 Å². The standard InChI is InChI=1S/C13H21N3O2/c1-5-14-12-7-11(6-9(2)15-12)13(17)16-10(3)8-18-4/h6-7,10H,5,8H2,1-4H3,(H,14,15)(H,16,17). The summed E-state index contributed by atoms with van der Waals surface area (Å²) in [4.78, 5) is 16.3. The number of aryl methyl sites for hydroxylation is 1. The predicted octanol–water partition coefficient (Wildman–Crippen LogP) is 1.59. The van der Waals surface area contributed by atoms with Crippen molar-refractivity contribution in [1.82, 2.24) is 10.3 Å². The molecule has 1 rings (SSSR count). The Kier molecular flexibility index (Phi) is 5.58. The zero-order valence-corrected chi connectivity index (χ0v) is 11.4. The van der Waals surface area contributed by atoms with Gasteiger partial charge >= 0.3 is 0 Å². The first-order valence-electron chi connectivity index (χ1n) is 6.09. The van der Waals surface area contributed by atoms with Gasteiger partial charge in [-0.15, -0.1) is 0 Å². The maximum atomic E-state index is 12.0. The number of nitrogens with one attached hydrogen (secondary N) is 2. The van der Waals surface area contributed by atoms with Crippen LogP contribution in [0.15, 0.2) is 12.1 Å². The number of methoxy groups -OCH3 is 1. The Balaban J connectivity index is 2.78. The minimum atomic E-state index is -0.107. The third-order valence-electron chi connectivity index (χ3n) is 2.37. The summed E-state index contributed by atoms with van der Waals surface area (Å²) in [5.41, 5.74) is 1.43. The van der Waals surface area contributed by atoms with E-state index in [1.165, 1.54) is 0 Å². The lowest BCUT2D eigenvalue weighted by molar-refractivity contribution is 0.0905. The minimum absolute atomic E-state index is 0.0152. The van der Waals surface area contributed by atoms with Crippen LogP contribution < -0.4 is 10.6 Å². The largest absolute Gasteiger partial charge is 0.383 e. The molecule has 1 heterocycles. The molecule has 5 heteroatoms. The first-order valence-corrected chi connectivity index (χ1v) is 6.09. The number of hydrogen-bond acceptors (Lipinski definition) is 4. The molecule has 0 spiro atoms. The van der Waals surface area contributed by atoms with Crippen LogP contribution in [0.5, 0.6) is 0 Å². The van der Waals surface area contributed by atoms with Crippen LogP contribution in [0.3, 0.4) is 0 Å². The van der Waals surface area contributed by atoms with E-state index < -0.39 is 0 Å². The molecule has 1 atom stereocenters. The van der Waals surface area contributed by atoms with Gasteiger partial charge in [0.25, 0.3) is 5.91 Å². The highest BCUT2D eigenvalue weighted by molar-refractivity contribution is 5.95. The van der Waals surface area contributed by atoms with Gasteiger partial charge in [-0.2, -0.15) is 0 Å². The second-order valence-corrected chi connectivity index (χ2v) is 4.24. The van der Waals surface area contributed by atoms with Crippen LogP contribution in [-0.2, 0) is 4.74 Å². The Labute approximate surface area is 108 Å². The Bertz CT molecular complexity index is 407. The van der Waals surface area contributed by atoms with Crippen LogP contribution in [0.2, 0.25) is 0 Å². The fraction of sp³-hybridized carbons (Fsp3) is 0.538. The number of anilines is 1. The summed E-state index contributed by atoms with van der Waals surface area (Å²) in [7, 11) is 1.61. The molecule has 0 radical (unpaired) electrons. The van der Waals surface area contributed by atoms with Crippen molar-refractivity contribution in [3.8, 4) is 0 Å². The van der Waals surface area contributed by atoms with E-state index in [0.29, 0.717) is 12.2 Å². The van der Waals surface area contributed by atoms with E-state index >= 15 is 0 Å². The molecule has 5 nitrogen and oxygen atoms in total. The highest BCUT2D eigenvalue weighted by Gasteiger charge is 2.11. The molecule has 0 saturated heterocycles. The van der Waals surface area contributed by atoms with Crippen molar-refractivity contribution in [3.63, 3.8) is 0 Å². The van der Waals surface area contributed by atoms with Gasteiger partial charge in [0.05, 0.1) is 6.61 Å². The maximum absolute atomic E-state index is 12.0. The number of amides is 1. The number of hydrogen-bond donors (Lipinski definition) is 2. The van der Waals surface area contributed by atoms with Gasteiger partial charge in [-0.1, -0.05) is 0 Å². The van der Waals surface area contributed by atoms with Gasteiger partial charge in [-0.25, -0.2) is 4.98 Å². The Morgan fingerprint density at radius 1 is 1.50 bits per heavy atom. The molecule has 0 bridgehead atoms. The summed E-state index contributed by atoms with van der Waals surface area (Å²) in [5.74, 6) is 0.617. The van der Waals surface area contributed by atoms with E-state index in [0.717, 1.165) is 18.1 Å². The van der Waals surface area contributed by atoms with Crippen LogP contribution in [0, 0.1) is 6.92 Å². The van der Waals surface area contributed by atoms with E-state index in [1.807, 2.05) is 20.8 Å². The van der Waals surface area contributed by atoms with Gasteiger partial charge in [0, 0.05) is 31.0 Å². The lowest BCUT2D eigenvalue weighted by Gasteiger charge is -2.13. The van der Waals surface area contributed by atoms with Crippen molar-refractivity contribution in [2.24, 2.45) is 0 Å². The molecular weight excluding hydrogens is 230 g/mol. The zero-order chi connectivity index (χ0) is 13.5. The Hall–Kier alpha value is -1.62. The first kappa shape index (κ1) is 14.4. The zero-order valence-electron chi connectivity index (χ0n) is 11.4. The van der Waals surface area contributed by atoms with Crippen LogP contribution >= 0.6 is 0 Å². The van der Waals surface area contributed by atoms with Crippen molar-refractivity contribution < 1.29 is 9.53 Å². The molecule has 0 aromatic carbocycles. The molecule has 1 aromatic heterocycles. The van der Waals surface area contributed by atoms with Crippen molar-refractivity contribution in [2.45, 2.75) is 26.8 Å². The van der Waals surface area contributed by atoms with Crippen molar-refractivity contribution in [3.05, 3.63) is 23.4 Å². The normalized spacial score (nSPS) is 12.0. The lowest BCUT2D eigenvalue weighted by atomic mass is 10.2.